The van der Waals surface area contributed by atoms with Gasteiger partial charge in [0.05, 0.1) is 0 Å². The van der Waals surface area contributed by atoms with Gasteiger partial charge in [-0.2, -0.15) is 6.08 Å². The summed E-state index contributed by atoms with van der Waals surface area (Å²) in [5, 5.41) is 0. The fraction of sp³-hybridized carbons (Fsp3) is 0.310. The normalized spacial score (nSPS) is 14.7. The number of hydrogen-bond donors (Lipinski definition) is 0. The van der Waals surface area contributed by atoms with E-state index in [9.17, 15) is 0 Å². The number of fused-ring (bicyclic) bond motifs is 3. The molecule has 4 aromatic carbocycles. The van der Waals surface area contributed by atoms with E-state index in [0.717, 1.165) is 12.8 Å². The molecular formula is C42H44Zr. The zero-order valence-corrected chi connectivity index (χ0v) is 29.2. The average Bonchev–Trinajstić information content (AvgIpc) is 3.67. The average molecular weight is 640 g/mol. The molecule has 1 saturated carbocycles. The second kappa shape index (κ2) is 13.4. The minimum absolute atomic E-state index is 0.0380. The molecule has 0 N–H and O–H groups in total. The third-order valence-electron chi connectivity index (χ3n) is 8.37. The zero-order chi connectivity index (χ0) is 30.6. The molecule has 0 radical (unpaired) electrons. The SMILES string of the molecule is CC(C)(C)c1cc2c([c-]c1-c1ccccc1)Cc1cc(-c3ccccc3)c(C(C)(C)C)cc1-2.[C-]1=CC=CC1.[Zr+2]=[C]1CCC1. The molecule has 1 fully saturated rings. The summed E-state index contributed by atoms with van der Waals surface area (Å²) in [4.78, 5) is 0. The van der Waals surface area contributed by atoms with E-state index in [-0.39, 0.29) is 10.8 Å². The van der Waals surface area contributed by atoms with Gasteiger partial charge in [0, 0.05) is 0 Å². The van der Waals surface area contributed by atoms with Crippen molar-refractivity contribution in [1.82, 2.24) is 0 Å². The van der Waals surface area contributed by atoms with Crippen molar-refractivity contribution in [2.75, 3.05) is 0 Å². The molecular weight excluding hydrogens is 596 g/mol. The van der Waals surface area contributed by atoms with E-state index < -0.39 is 0 Å². The third-order valence-corrected chi connectivity index (χ3v) is 9.60. The number of hydrogen-bond acceptors (Lipinski definition) is 0. The molecule has 3 aliphatic carbocycles. The molecule has 1 heteroatoms. The molecule has 0 unspecified atom stereocenters. The molecule has 0 aliphatic heterocycles. The molecule has 0 spiro atoms. The van der Waals surface area contributed by atoms with E-state index in [2.05, 4.69) is 139 Å². The van der Waals surface area contributed by atoms with E-state index in [1.54, 1.807) is 27.4 Å². The molecule has 0 atom stereocenters. The van der Waals surface area contributed by atoms with Crippen LogP contribution in [0.1, 0.15) is 89.5 Å². The molecule has 0 amide bonds. The number of allylic oxidation sites excluding steroid dienone is 4. The predicted octanol–water partition coefficient (Wildman–Crippen LogP) is 11.2. The first kappa shape index (κ1) is 31.5. The van der Waals surface area contributed by atoms with Crippen LogP contribution >= 0.6 is 0 Å². The fourth-order valence-corrected chi connectivity index (χ4v) is 6.66. The molecule has 4 aromatic rings. The van der Waals surface area contributed by atoms with Crippen LogP contribution in [0.2, 0.25) is 0 Å². The molecule has 43 heavy (non-hydrogen) atoms. The Hall–Kier alpha value is -2.89. The van der Waals surface area contributed by atoms with Crippen molar-refractivity contribution in [2.24, 2.45) is 0 Å². The van der Waals surface area contributed by atoms with Crippen molar-refractivity contribution in [3.63, 3.8) is 0 Å². The van der Waals surface area contributed by atoms with Gasteiger partial charge in [0.1, 0.15) is 0 Å². The van der Waals surface area contributed by atoms with Gasteiger partial charge in [-0.1, -0.05) is 131 Å². The van der Waals surface area contributed by atoms with Crippen LogP contribution in [-0.2, 0) is 41.5 Å². The summed E-state index contributed by atoms with van der Waals surface area (Å²) < 4.78 is 1.78. The number of benzene rings is 4. The second-order valence-corrected chi connectivity index (χ2v) is 15.6. The van der Waals surface area contributed by atoms with Gasteiger partial charge in [0.25, 0.3) is 0 Å². The Morgan fingerprint density at radius 3 is 1.72 bits per heavy atom. The van der Waals surface area contributed by atoms with Crippen molar-refractivity contribution in [1.29, 1.82) is 0 Å². The van der Waals surface area contributed by atoms with Crippen LogP contribution in [0.4, 0.5) is 0 Å². The molecule has 3 aliphatic rings. The monoisotopic (exact) mass is 638 g/mol. The Labute approximate surface area is 275 Å². The Kier molecular flexibility index (Phi) is 9.83. The van der Waals surface area contributed by atoms with E-state index in [1.807, 2.05) is 12.2 Å². The van der Waals surface area contributed by atoms with E-state index in [4.69, 9.17) is 0 Å². The zero-order valence-electron chi connectivity index (χ0n) is 26.8. The van der Waals surface area contributed by atoms with Crippen LogP contribution in [0.3, 0.4) is 0 Å². The molecule has 0 nitrogen and oxygen atoms in total. The number of rotatable bonds is 2. The van der Waals surface area contributed by atoms with Crippen LogP contribution < -0.4 is 0 Å². The van der Waals surface area contributed by atoms with Gasteiger partial charge < -0.3 is 0 Å². The van der Waals surface area contributed by atoms with Crippen LogP contribution in [0.25, 0.3) is 33.4 Å². The Balaban J connectivity index is 0.000000310. The van der Waals surface area contributed by atoms with Crippen LogP contribution in [0.15, 0.2) is 97.1 Å². The van der Waals surface area contributed by atoms with E-state index in [1.165, 1.54) is 74.9 Å². The van der Waals surface area contributed by atoms with Gasteiger partial charge in [-0.3, -0.25) is 6.08 Å². The van der Waals surface area contributed by atoms with Crippen molar-refractivity contribution < 1.29 is 24.2 Å². The molecule has 7 rings (SSSR count). The van der Waals surface area contributed by atoms with Gasteiger partial charge in [-0.15, -0.1) is 35.2 Å². The summed E-state index contributed by atoms with van der Waals surface area (Å²) in [7, 11) is 0. The first-order valence-corrected chi connectivity index (χ1v) is 16.9. The van der Waals surface area contributed by atoms with Gasteiger partial charge in [0.15, 0.2) is 0 Å². The van der Waals surface area contributed by atoms with Crippen molar-refractivity contribution in [2.45, 2.75) is 84.5 Å². The van der Waals surface area contributed by atoms with Crippen LogP contribution in [-0.4, -0.2) is 3.21 Å². The van der Waals surface area contributed by atoms with Crippen molar-refractivity contribution in [3.05, 3.63) is 131 Å². The first-order valence-electron chi connectivity index (χ1n) is 15.7. The van der Waals surface area contributed by atoms with Crippen LogP contribution in [0, 0.1) is 12.1 Å². The summed E-state index contributed by atoms with van der Waals surface area (Å²) >= 11 is 1.67. The summed E-state index contributed by atoms with van der Waals surface area (Å²) in [6.45, 7) is 13.9. The molecule has 0 heterocycles. The Bertz CT molecular complexity index is 1520. The molecule has 0 aromatic heterocycles. The summed E-state index contributed by atoms with van der Waals surface area (Å²) in [5.74, 6) is 0. The fourth-order valence-electron chi connectivity index (χ4n) is 5.80. The Morgan fingerprint density at radius 1 is 0.674 bits per heavy atom. The van der Waals surface area contributed by atoms with Crippen LogP contribution in [0.5, 0.6) is 0 Å². The quantitative estimate of drug-likeness (QED) is 0.169. The first-order chi connectivity index (χ1) is 20.5. The molecule has 0 bridgehead atoms. The summed E-state index contributed by atoms with van der Waals surface area (Å²) in [6, 6.07) is 32.8. The third kappa shape index (κ3) is 7.61. The van der Waals surface area contributed by atoms with Gasteiger partial charge in [-0.25, -0.2) is 12.2 Å². The van der Waals surface area contributed by atoms with Gasteiger partial charge in [-0.05, 0) is 39.5 Å². The standard InChI is InChI=1S/C33H33.C5H5.C4H6.Zr/c1-32(2,3)30-20-26-24(18-28(30)22-13-9-7-10-14-22)17-25-19-29(23-15-11-8-12-16-23)31(21-27(25)26)33(4,5)6;1-2-4-5-3-1;1-2-4-3-1;/h7-16,18,20-21H,17H2,1-6H3;1-3H,4H2;1-3H2;/q2*-1;;+2. The van der Waals surface area contributed by atoms with Gasteiger partial charge >= 0.3 is 46.7 Å². The topological polar surface area (TPSA) is 0 Å². The predicted molar refractivity (Wildman–Crippen MR) is 182 cm³/mol. The minimum atomic E-state index is 0.0380. The maximum atomic E-state index is 3.88. The Morgan fingerprint density at radius 2 is 1.26 bits per heavy atom. The van der Waals surface area contributed by atoms with E-state index in [0.29, 0.717) is 0 Å². The van der Waals surface area contributed by atoms with Crippen molar-refractivity contribution >= 4 is 3.21 Å². The van der Waals surface area contributed by atoms with Gasteiger partial charge in [0.2, 0.25) is 0 Å². The maximum absolute atomic E-state index is 3.88. The van der Waals surface area contributed by atoms with E-state index >= 15 is 0 Å². The second-order valence-electron chi connectivity index (χ2n) is 13.9. The molecule has 0 saturated heterocycles. The summed E-state index contributed by atoms with van der Waals surface area (Å²) in [5.41, 5.74) is 13.5. The van der Waals surface area contributed by atoms with Crippen molar-refractivity contribution in [3.8, 4) is 33.4 Å². The summed E-state index contributed by atoms with van der Waals surface area (Å²) in [6.07, 6.45) is 15.3. The molecule has 216 valence electrons.